The van der Waals surface area contributed by atoms with Crippen molar-refractivity contribution in [3.8, 4) is 0 Å². The second-order valence-electron chi connectivity index (χ2n) is 9.90. The molecule has 0 fully saturated rings. The van der Waals surface area contributed by atoms with Crippen LogP contribution >= 0.6 is 0 Å². The number of allylic oxidation sites excluding steroid dienone is 3. The van der Waals surface area contributed by atoms with Crippen molar-refractivity contribution < 1.29 is 18.7 Å². The van der Waals surface area contributed by atoms with E-state index >= 15 is 0 Å². The number of carbonyl (C=O) groups is 2. The zero-order valence-corrected chi connectivity index (χ0v) is 19.4. The average Bonchev–Trinajstić information content (AvgIpc) is 2.66. The summed E-state index contributed by atoms with van der Waals surface area (Å²) in [7, 11) is 0. The molecule has 0 amide bonds. The fourth-order valence-corrected chi connectivity index (χ4v) is 4.75. The third-order valence-corrected chi connectivity index (χ3v) is 6.07. The number of carbonyl (C=O) groups excluding carboxylic acids is 2. The molecule has 32 heavy (non-hydrogen) atoms. The Hall–Kier alpha value is -3.15. The first kappa shape index (κ1) is 22.1. The molecule has 0 spiro atoms. The molecule has 1 atom stereocenters. The second kappa shape index (κ2) is 7.76. The SMILES string of the molecule is CC1=C(C(=O)OC(C)C)[C@@H](c2coc3ccc(C)cc3c2=O)C2=C(CC(C)(C)CC2=O)N1. The van der Waals surface area contributed by atoms with Crippen LogP contribution in [0.15, 0.2) is 56.2 Å². The van der Waals surface area contributed by atoms with Gasteiger partial charge in [-0.3, -0.25) is 9.59 Å². The second-order valence-corrected chi connectivity index (χ2v) is 9.90. The number of nitrogens with one attached hydrogen (secondary N) is 1. The molecule has 0 saturated heterocycles. The van der Waals surface area contributed by atoms with Gasteiger partial charge in [-0.1, -0.05) is 25.5 Å². The number of fused-ring (bicyclic) bond motifs is 1. The Labute approximate surface area is 187 Å². The van der Waals surface area contributed by atoms with Crippen molar-refractivity contribution in [2.75, 3.05) is 0 Å². The van der Waals surface area contributed by atoms with Gasteiger partial charge in [0, 0.05) is 29.0 Å². The maximum Gasteiger partial charge on any atom is 0.337 e. The molecule has 0 bridgehead atoms. The van der Waals surface area contributed by atoms with E-state index in [4.69, 9.17) is 9.15 Å². The van der Waals surface area contributed by atoms with Gasteiger partial charge in [-0.25, -0.2) is 4.79 Å². The van der Waals surface area contributed by atoms with Crippen molar-refractivity contribution in [2.45, 2.75) is 66.4 Å². The lowest BCUT2D eigenvalue weighted by Crippen LogP contribution is -2.40. The lowest BCUT2D eigenvalue weighted by Gasteiger charge is -2.39. The number of ether oxygens (including phenoxy) is 1. The summed E-state index contributed by atoms with van der Waals surface area (Å²) >= 11 is 0. The van der Waals surface area contributed by atoms with Crippen molar-refractivity contribution in [1.82, 2.24) is 5.32 Å². The molecule has 1 aromatic heterocycles. The first-order chi connectivity index (χ1) is 15.0. The molecular formula is C26H29NO5. The number of esters is 1. The Morgan fingerprint density at radius 2 is 1.91 bits per heavy atom. The van der Waals surface area contributed by atoms with Crippen molar-refractivity contribution >= 4 is 22.7 Å². The minimum Gasteiger partial charge on any atom is -0.464 e. The Balaban J connectivity index is 1.98. The van der Waals surface area contributed by atoms with Gasteiger partial charge in [0.05, 0.1) is 29.2 Å². The maximum absolute atomic E-state index is 13.6. The van der Waals surface area contributed by atoms with Crippen LogP contribution < -0.4 is 10.7 Å². The molecule has 2 heterocycles. The van der Waals surface area contributed by atoms with E-state index in [1.54, 1.807) is 32.9 Å². The van der Waals surface area contributed by atoms with Gasteiger partial charge in [-0.2, -0.15) is 0 Å². The Morgan fingerprint density at radius 3 is 2.59 bits per heavy atom. The lowest BCUT2D eigenvalue weighted by molar-refractivity contribution is -0.143. The van der Waals surface area contributed by atoms with E-state index in [0.717, 1.165) is 11.3 Å². The molecule has 6 heteroatoms. The van der Waals surface area contributed by atoms with Gasteiger partial charge in [0.1, 0.15) is 5.58 Å². The third-order valence-electron chi connectivity index (χ3n) is 6.07. The first-order valence-corrected chi connectivity index (χ1v) is 11.0. The zero-order valence-electron chi connectivity index (χ0n) is 19.4. The first-order valence-electron chi connectivity index (χ1n) is 11.0. The summed E-state index contributed by atoms with van der Waals surface area (Å²) in [4.78, 5) is 40.1. The van der Waals surface area contributed by atoms with Gasteiger partial charge in [-0.15, -0.1) is 0 Å². The Bertz CT molecular complexity index is 1260. The van der Waals surface area contributed by atoms with E-state index in [-0.39, 0.29) is 33.9 Å². The minimum absolute atomic E-state index is 0.0696. The third kappa shape index (κ3) is 3.78. The van der Waals surface area contributed by atoms with E-state index in [0.29, 0.717) is 35.1 Å². The van der Waals surface area contributed by atoms with Crippen LogP contribution in [0.25, 0.3) is 11.0 Å². The summed E-state index contributed by atoms with van der Waals surface area (Å²) in [6.07, 6.45) is 2.04. The fourth-order valence-electron chi connectivity index (χ4n) is 4.75. The number of hydrogen-bond acceptors (Lipinski definition) is 6. The molecule has 1 aliphatic heterocycles. The topological polar surface area (TPSA) is 85.6 Å². The summed E-state index contributed by atoms with van der Waals surface area (Å²) in [5, 5.41) is 3.71. The molecule has 168 valence electrons. The summed E-state index contributed by atoms with van der Waals surface area (Å²) in [5.74, 6) is -1.44. The van der Waals surface area contributed by atoms with E-state index in [9.17, 15) is 14.4 Å². The van der Waals surface area contributed by atoms with Crippen LogP contribution in [0.1, 0.15) is 64.5 Å². The number of aryl methyl sites for hydroxylation is 1. The van der Waals surface area contributed by atoms with E-state index < -0.39 is 11.9 Å². The highest BCUT2D eigenvalue weighted by Gasteiger charge is 2.44. The number of rotatable bonds is 3. The summed E-state index contributed by atoms with van der Waals surface area (Å²) in [5.41, 5.74) is 3.31. The Morgan fingerprint density at radius 1 is 1.19 bits per heavy atom. The molecule has 1 aliphatic carbocycles. The van der Waals surface area contributed by atoms with E-state index in [1.165, 1.54) is 6.26 Å². The average molecular weight is 436 g/mol. The van der Waals surface area contributed by atoms with Gasteiger partial charge in [0.2, 0.25) is 0 Å². The highest BCUT2D eigenvalue weighted by Crippen LogP contribution is 2.46. The highest BCUT2D eigenvalue weighted by molar-refractivity contribution is 6.04. The molecular weight excluding hydrogens is 406 g/mol. The van der Waals surface area contributed by atoms with Gasteiger partial charge in [-0.05, 0) is 51.7 Å². The number of ketones is 1. The Kier molecular flexibility index (Phi) is 5.35. The van der Waals surface area contributed by atoms with Gasteiger partial charge in [0.25, 0.3) is 0 Å². The van der Waals surface area contributed by atoms with Crippen LogP contribution in [-0.4, -0.2) is 17.9 Å². The van der Waals surface area contributed by atoms with Crippen LogP contribution in [0, 0.1) is 12.3 Å². The monoisotopic (exact) mass is 435 g/mol. The fraction of sp³-hybridized carbons (Fsp3) is 0.423. The molecule has 0 unspecified atom stereocenters. The predicted molar refractivity (Wildman–Crippen MR) is 122 cm³/mol. The number of hydrogen-bond donors (Lipinski definition) is 1. The number of dihydropyridines is 1. The molecule has 4 rings (SSSR count). The number of Topliss-reactive ketones (excluding diaryl/α,β-unsaturated/α-hetero) is 1. The van der Waals surface area contributed by atoms with Crippen molar-refractivity contribution in [3.05, 3.63) is 68.4 Å². The largest absolute Gasteiger partial charge is 0.464 e. The van der Waals surface area contributed by atoms with Gasteiger partial charge < -0.3 is 14.5 Å². The van der Waals surface area contributed by atoms with Crippen molar-refractivity contribution in [3.63, 3.8) is 0 Å². The lowest BCUT2D eigenvalue weighted by atomic mass is 9.68. The summed E-state index contributed by atoms with van der Waals surface area (Å²) < 4.78 is 11.3. The zero-order chi connectivity index (χ0) is 23.4. The maximum atomic E-state index is 13.6. The molecule has 0 saturated carbocycles. The molecule has 2 aliphatic rings. The minimum atomic E-state index is -0.831. The highest BCUT2D eigenvalue weighted by atomic mass is 16.5. The predicted octanol–water partition coefficient (Wildman–Crippen LogP) is 4.66. The summed E-state index contributed by atoms with van der Waals surface area (Å²) in [6, 6.07) is 5.40. The smallest absolute Gasteiger partial charge is 0.337 e. The van der Waals surface area contributed by atoms with Crippen LogP contribution in [-0.2, 0) is 14.3 Å². The molecule has 6 nitrogen and oxygen atoms in total. The molecule has 1 aromatic carbocycles. The normalized spacial score (nSPS) is 20.5. The van der Waals surface area contributed by atoms with Crippen LogP contribution in [0.3, 0.4) is 0 Å². The van der Waals surface area contributed by atoms with Crippen molar-refractivity contribution in [1.29, 1.82) is 0 Å². The van der Waals surface area contributed by atoms with Gasteiger partial charge >= 0.3 is 5.97 Å². The van der Waals surface area contributed by atoms with E-state index in [1.807, 2.05) is 26.8 Å². The summed E-state index contributed by atoms with van der Waals surface area (Å²) in [6.45, 7) is 11.3. The van der Waals surface area contributed by atoms with E-state index in [2.05, 4.69) is 5.32 Å². The van der Waals surface area contributed by atoms with Crippen LogP contribution in [0.2, 0.25) is 0 Å². The quantitative estimate of drug-likeness (QED) is 0.706. The standard InChI is InChI=1S/C26H29NO5/c1-13(2)32-25(30)21-15(4)27-18-10-26(5,6)11-19(28)23(18)22(21)17-12-31-20-8-7-14(3)9-16(20)24(17)29/h7-9,12-13,22,27H,10-11H2,1-6H3/t22-/m1/s1. The number of benzene rings is 1. The van der Waals surface area contributed by atoms with Crippen molar-refractivity contribution in [2.24, 2.45) is 5.41 Å². The van der Waals surface area contributed by atoms with Gasteiger partial charge in [0.15, 0.2) is 11.2 Å². The van der Waals surface area contributed by atoms with Crippen LogP contribution in [0.5, 0.6) is 0 Å². The molecule has 2 aromatic rings. The molecule has 0 radical (unpaired) electrons. The molecule has 1 N–H and O–H groups in total. The van der Waals surface area contributed by atoms with Crippen LogP contribution in [0.4, 0.5) is 0 Å².